The minimum Gasteiger partial charge on any atom is -0.543 e. The maximum Gasteiger partial charge on any atom is 0.410 e. The van der Waals surface area contributed by atoms with Gasteiger partial charge in [0.25, 0.3) is 0 Å². The van der Waals surface area contributed by atoms with Crippen LogP contribution in [0.3, 0.4) is 0 Å². The fraction of sp³-hybridized carbons (Fsp3) is 0.667. The molecular weight excluding hydrogens is 547 g/mol. The van der Waals surface area contributed by atoms with E-state index in [0.717, 1.165) is 13.0 Å². The number of hydrogen-bond acceptors (Lipinski definition) is 7. The lowest BCUT2D eigenvalue weighted by Crippen LogP contribution is -2.69. The van der Waals surface area contributed by atoms with E-state index in [1.807, 2.05) is 26.8 Å². The Morgan fingerprint density at radius 1 is 1.38 bits per heavy atom. The number of likely N-dealkylation sites (N-methyl/N-ethyl adjacent to an activating group) is 1. The molecule has 32 heavy (non-hydrogen) atoms. The highest BCUT2D eigenvalue weighted by atomic mass is 127. The van der Waals surface area contributed by atoms with Crippen molar-refractivity contribution >= 4 is 53.7 Å². The number of thioether (sulfide) groups is 1. The number of amides is 2. The summed E-state index contributed by atoms with van der Waals surface area (Å²) in [5.41, 5.74) is 5.73. The second-order valence-electron chi connectivity index (χ2n) is 9.60. The van der Waals surface area contributed by atoms with Gasteiger partial charge in [0.1, 0.15) is 17.0 Å². The highest BCUT2D eigenvalue weighted by molar-refractivity contribution is 14.0. The molecule has 1 fully saturated rings. The van der Waals surface area contributed by atoms with Crippen molar-refractivity contribution in [2.24, 2.45) is 5.73 Å². The topological polar surface area (TPSA) is 116 Å². The Labute approximate surface area is 211 Å². The lowest BCUT2D eigenvalue weighted by Gasteiger charge is -2.49. The number of carbonyl (C=O) groups is 3. The molecule has 9 nitrogen and oxygen atoms in total. The van der Waals surface area contributed by atoms with Crippen molar-refractivity contribution in [3.63, 3.8) is 0 Å². The highest BCUT2D eigenvalue weighted by Gasteiger charge is 2.49. The molecular formula is C21H35IN4O5S. The average molecular weight is 583 g/mol. The Kier molecular flexibility index (Phi) is 10.1. The first-order valence-electron chi connectivity index (χ1n) is 10.3. The van der Waals surface area contributed by atoms with E-state index in [0.29, 0.717) is 28.9 Å². The van der Waals surface area contributed by atoms with Crippen LogP contribution >= 0.6 is 35.7 Å². The van der Waals surface area contributed by atoms with E-state index >= 15 is 0 Å². The number of halogens is 1. The molecule has 0 radical (unpaired) electrons. The summed E-state index contributed by atoms with van der Waals surface area (Å²) in [4.78, 5) is 38.5. The summed E-state index contributed by atoms with van der Waals surface area (Å²) in [7, 11) is 5.85. The van der Waals surface area contributed by atoms with E-state index in [1.54, 1.807) is 18.0 Å². The number of hydrogen-bond donors (Lipinski definition) is 1. The maximum atomic E-state index is 12.0. The minimum absolute atomic E-state index is 0. The van der Waals surface area contributed by atoms with Crippen LogP contribution in [0.2, 0.25) is 0 Å². The van der Waals surface area contributed by atoms with Crippen LogP contribution in [0.4, 0.5) is 4.79 Å². The van der Waals surface area contributed by atoms with Crippen molar-refractivity contribution in [3.05, 3.63) is 23.4 Å². The molecule has 182 valence electrons. The summed E-state index contributed by atoms with van der Waals surface area (Å²) < 4.78 is 6.02. The van der Waals surface area contributed by atoms with Gasteiger partial charge >= 0.3 is 6.09 Å². The normalized spacial score (nSPS) is 21.1. The molecule has 0 aromatic heterocycles. The predicted molar refractivity (Wildman–Crippen MR) is 133 cm³/mol. The van der Waals surface area contributed by atoms with Crippen molar-refractivity contribution in [1.82, 2.24) is 9.80 Å². The molecule has 0 bridgehead atoms. The number of β-lactam (4-membered cyclic amide) rings is 1. The van der Waals surface area contributed by atoms with Gasteiger partial charge in [-0.3, -0.25) is 9.69 Å². The van der Waals surface area contributed by atoms with E-state index < -0.39 is 17.6 Å². The van der Waals surface area contributed by atoms with Crippen LogP contribution in [-0.2, 0) is 14.3 Å². The van der Waals surface area contributed by atoms with Crippen LogP contribution in [0.1, 0.15) is 27.2 Å². The molecule has 2 aliphatic heterocycles. The van der Waals surface area contributed by atoms with Gasteiger partial charge in [0.05, 0.1) is 38.9 Å². The standard InChI is InChI=1S/C21H34N4O5S.HI/c1-21(2,3)30-20(29)23(4)10-8-12-25(5,6)11-7-9-14-13-31-18-15(22)17(26)24(18)16(14)19(27)28;/h7,9,15,18H,8,10-13,22H2,1-6H3;1H/t15-,18-;/m1./s1. The first kappa shape index (κ1) is 28.7. The molecule has 2 N–H and O–H groups in total. The number of nitrogens with two attached hydrogens (primary N) is 1. The minimum atomic E-state index is -1.36. The monoisotopic (exact) mass is 582 g/mol. The van der Waals surface area contributed by atoms with Crippen molar-refractivity contribution in [1.29, 1.82) is 0 Å². The third kappa shape index (κ3) is 7.35. The average Bonchev–Trinajstić information content (AvgIpc) is 2.64. The molecule has 11 heteroatoms. The predicted octanol–water partition coefficient (Wildman–Crippen LogP) is 0.740. The number of carbonyl (C=O) groups excluding carboxylic acids is 3. The highest BCUT2D eigenvalue weighted by Crippen LogP contribution is 2.39. The molecule has 2 aliphatic rings. The van der Waals surface area contributed by atoms with Crippen molar-refractivity contribution < 1.29 is 28.7 Å². The van der Waals surface area contributed by atoms with Crippen LogP contribution in [-0.4, -0.2) is 95.8 Å². The molecule has 1 saturated heterocycles. The van der Waals surface area contributed by atoms with Gasteiger partial charge < -0.3 is 29.8 Å². The second kappa shape index (κ2) is 11.2. The molecule has 2 amide bonds. The second-order valence-corrected chi connectivity index (χ2v) is 10.7. The van der Waals surface area contributed by atoms with E-state index in [2.05, 4.69) is 14.1 Å². The number of carboxylic acids is 1. The molecule has 2 rings (SSSR count). The Hall–Kier alpha value is -1.31. The van der Waals surface area contributed by atoms with E-state index in [-0.39, 0.29) is 47.0 Å². The smallest absolute Gasteiger partial charge is 0.410 e. The SMILES string of the molecule is CN(CCC[N+](C)(C)CC=CC1=C(C(=O)[O-])N2C(=O)[C@@H](N)[C@H]2SC1)C(=O)OC(C)(C)C.I. The summed E-state index contributed by atoms with van der Waals surface area (Å²) >= 11 is 1.46. The molecule has 2 atom stereocenters. The number of rotatable bonds is 8. The number of ether oxygens (including phenoxy) is 1. The molecule has 0 aromatic rings. The van der Waals surface area contributed by atoms with Gasteiger partial charge in [0, 0.05) is 25.8 Å². The molecule has 0 saturated carbocycles. The van der Waals surface area contributed by atoms with Gasteiger partial charge in [0.2, 0.25) is 5.91 Å². The van der Waals surface area contributed by atoms with E-state index in [1.165, 1.54) is 16.7 Å². The third-order valence-corrected chi connectivity index (χ3v) is 6.44. The van der Waals surface area contributed by atoms with Gasteiger partial charge in [-0.15, -0.1) is 35.7 Å². The number of carboxylic acid groups (broad SMARTS) is 1. The Balaban J connectivity index is 0.00000512. The fourth-order valence-corrected chi connectivity index (χ4v) is 4.66. The van der Waals surface area contributed by atoms with Crippen LogP contribution < -0.4 is 10.8 Å². The molecule has 0 aliphatic carbocycles. The van der Waals surface area contributed by atoms with Crippen LogP contribution in [0.15, 0.2) is 23.4 Å². The van der Waals surface area contributed by atoms with Crippen molar-refractivity contribution in [2.75, 3.05) is 46.5 Å². The van der Waals surface area contributed by atoms with Gasteiger partial charge in [-0.2, -0.15) is 0 Å². The number of nitrogens with zero attached hydrogens (tertiary/aromatic N) is 3. The summed E-state index contributed by atoms with van der Waals surface area (Å²) in [5.74, 6) is -1.27. The van der Waals surface area contributed by atoms with E-state index in [4.69, 9.17) is 10.5 Å². The van der Waals surface area contributed by atoms with Gasteiger partial charge in [-0.1, -0.05) is 6.08 Å². The van der Waals surface area contributed by atoms with Gasteiger partial charge in [-0.25, -0.2) is 4.79 Å². The number of aliphatic carboxylic acids is 1. The number of quaternary nitrogens is 1. The Morgan fingerprint density at radius 2 is 2.00 bits per heavy atom. The zero-order valence-electron chi connectivity index (χ0n) is 19.6. The largest absolute Gasteiger partial charge is 0.543 e. The first-order valence-corrected chi connectivity index (χ1v) is 11.4. The third-order valence-electron chi connectivity index (χ3n) is 5.11. The van der Waals surface area contributed by atoms with Crippen molar-refractivity contribution in [2.45, 2.75) is 44.2 Å². The van der Waals surface area contributed by atoms with Gasteiger partial charge in [-0.05, 0) is 32.4 Å². The van der Waals surface area contributed by atoms with Crippen LogP contribution in [0.5, 0.6) is 0 Å². The summed E-state index contributed by atoms with van der Waals surface area (Å²) in [6.45, 7) is 7.58. The number of fused-ring (bicyclic) bond motifs is 1. The molecule has 0 aromatic carbocycles. The molecule has 0 unspecified atom stereocenters. The van der Waals surface area contributed by atoms with Gasteiger partial charge in [0.15, 0.2) is 0 Å². The zero-order valence-corrected chi connectivity index (χ0v) is 22.8. The Morgan fingerprint density at radius 3 is 2.56 bits per heavy atom. The lowest BCUT2D eigenvalue weighted by atomic mass is 10.0. The molecule has 0 spiro atoms. The lowest BCUT2D eigenvalue weighted by molar-refractivity contribution is -0.884. The maximum absolute atomic E-state index is 12.0. The quantitative estimate of drug-likeness (QED) is 0.255. The summed E-state index contributed by atoms with van der Waals surface area (Å²) in [6.07, 6.45) is 4.13. The molecule has 2 heterocycles. The first-order chi connectivity index (χ1) is 14.2. The summed E-state index contributed by atoms with van der Waals surface area (Å²) in [5, 5.41) is 11.3. The fourth-order valence-electron chi connectivity index (χ4n) is 3.40. The number of allylic oxidation sites excluding steroid dienone is 1. The van der Waals surface area contributed by atoms with E-state index in [9.17, 15) is 19.5 Å². The summed E-state index contributed by atoms with van der Waals surface area (Å²) in [6, 6.07) is -0.653. The zero-order chi connectivity index (χ0) is 23.6. The van der Waals surface area contributed by atoms with Crippen LogP contribution in [0, 0.1) is 0 Å². The Bertz CT molecular complexity index is 794. The van der Waals surface area contributed by atoms with Crippen molar-refractivity contribution in [3.8, 4) is 0 Å². The van der Waals surface area contributed by atoms with Crippen LogP contribution in [0.25, 0.3) is 0 Å².